The number of para-hydroxylation sites is 1. The van der Waals surface area contributed by atoms with Crippen LogP contribution < -0.4 is 10.9 Å². The molecule has 2 N–H and O–H groups in total. The van der Waals surface area contributed by atoms with Crippen LogP contribution in [0.25, 0.3) is 10.9 Å². The monoisotopic (exact) mass is 341 g/mol. The second-order valence-electron chi connectivity index (χ2n) is 4.91. The van der Waals surface area contributed by atoms with E-state index in [1.165, 1.54) is 6.20 Å². The Bertz CT molecular complexity index is 945. The molecule has 0 aliphatic carbocycles. The van der Waals surface area contributed by atoms with E-state index in [2.05, 4.69) is 25.8 Å². The summed E-state index contributed by atoms with van der Waals surface area (Å²) in [6.07, 6.45) is 1.32. The molecule has 2 aromatic heterocycles. The number of carbonyl (C=O) groups is 2. The van der Waals surface area contributed by atoms with Crippen molar-refractivity contribution in [1.82, 2.24) is 25.8 Å². The second kappa shape index (κ2) is 6.59. The zero-order chi connectivity index (χ0) is 17.1. The summed E-state index contributed by atoms with van der Waals surface area (Å²) >= 11 is 5.88. The van der Waals surface area contributed by atoms with Gasteiger partial charge >= 0.3 is 0 Å². The lowest BCUT2D eigenvalue weighted by molar-refractivity contribution is 0.0841. The molecule has 120 valence electrons. The Morgan fingerprint density at radius 1 is 1.00 bits per heavy atom. The fourth-order valence-electron chi connectivity index (χ4n) is 2.04. The van der Waals surface area contributed by atoms with Gasteiger partial charge in [0.2, 0.25) is 0 Å². The summed E-state index contributed by atoms with van der Waals surface area (Å²) in [6, 6.07) is 10.8. The van der Waals surface area contributed by atoms with Crippen molar-refractivity contribution in [3.63, 3.8) is 0 Å². The van der Waals surface area contributed by atoms with E-state index in [-0.39, 0.29) is 16.4 Å². The molecular weight excluding hydrogens is 330 g/mol. The molecule has 2 heterocycles. The van der Waals surface area contributed by atoms with E-state index in [0.29, 0.717) is 11.3 Å². The maximum Gasteiger partial charge on any atom is 0.289 e. The summed E-state index contributed by atoms with van der Waals surface area (Å²) in [6.45, 7) is 1.63. The molecule has 0 radical (unpaired) electrons. The van der Waals surface area contributed by atoms with Gasteiger partial charge in [0.25, 0.3) is 11.8 Å². The maximum absolute atomic E-state index is 12.1. The van der Waals surface area contributed by atoms with Crippen molar-refractivity contribution in [2.45, 2.75) is 6.92 Å². The number of carbonyl (C=O) groups excluding carboxylic acids is 2. The third-order valence-electron chi connectivity index (χ3n) is 3.20. The van der Waals surface area contributed by atoms with Gasteiger partial charge in [0, 0.05) is 5.39 Å². The molecule has 2 amide bonds. The van der Waals surface area contributed by atoms with Crippen LogP contribution in [-0.2, 0) is 0 Å². The summed E-state index contributed by atoms with van der Waals surface area (Å²) in [7, 11) is 0. The predicted octanol–water partition coefficient (Wildman–Crippen LogP) is 2.06. The highest BCUT2D eigenvalue weighted by Gasteiger charge is 2.15. The van der Waals surface area contributed by atoms with Crippen molar-refractivity contribution < 1.29 is 9.59 Å². The van der Waals surface area contributed by atoms with Gasteiger partial charge in [-0.15, -0.1) is 0 Å². The van der Waals surface area contributed by atoms with Gasteiger partial charge in [0.05, 0.1) is 16.7 Å². The molecule has 0 unspecified atom stereocenters. The van der Waals surface area contributed by atoms with E-state index in [1.54, 1.807) is 25.1 Å². The van der Waals surface area contributed by atoms with E-state index in [1.807, 2.05) is 18.2 Å². The average Bonchev–Trinajstić information content (AvgIpc) is 2.61. The minimum Gasteiger partial charge on any atom is -0.266 e. The standard InChI is InChI=1S/C16H12ClN5O2/c1-9-18-8-11(17)14(19-9)16(24)22-21-15(23)13-7-6-10-4-2-3-5-12(10)20-13/h2-8H,1H3,(H,21,23)(H,22,24). The van der Waals surface area contributed by atoms with Crippen molar-refractivity contribution in [2.24, 2.45) is 0 Å². The Balaban J connectivity index is 1.72. The first-order chi connectivity index (χ1) is 11.5. The molecular formula is C16H12ClN5O2. The number of hydrogen-bond acceptors (Lipinski definition) is 5. The Morgan fingerprint density at radius 2 is 1.75 bits per heavy atom. The highest BCUT2D eigenvalue weighted by Crippen LogP contribution is 2.12. The number of benzene rings is 1. The lowest BCUT2D eigenvalue weighted by Crippen LogP contribution is -2.42. The highest BCUT2D eigenvalue weighted by molar-refractivity contribution is 6.33. The van der Waals surface area contributed by atoms with E-state index in [0.717, 1.165) is 5.39 Å². The van der Waals surface area contributed by atoms with E-state index < -0.39 is 11.8 Å². The van der Waals surface area contributed by atoms with Crippen LogP contribution in [0.2, 0.25) is 5.02 Å². The van der Waals surface area contributed by atoms with Crippen molar-refractivity contribution in [1.29, 1.82) is 0 Å². The fraction of sp³-hybridized carbons (Fsp3) is 0.0625. The Hall–Kier alpha value is -3.06. The number of amides is 2. The zero-order valence-corrected chi connectivity index (χ0v) is 13.3. The number of aryl methyl sites for hydroxylation is 1. The molecule has 1 aromatic carbocycles. The Morgan fingerprint density at radius 3 is 2.58 bits per heavy atom. The smallest absolute Gasteiger partial charge is 0.266 e. The highest BCUT2D eigenvalue weighted by atomic mass is 35.5. The first-order valence-electron chi connectivity index (χ1n) is 7.00. The SMILES string of the molecule is Cc1ncc(Cl)c(C(=O)NNC(=O)c2ccc3ccccc3n2)n1. The fourth-order valence-corrected chi connectivity index (χ4v) is 2.22. The van der Waals surface area contributed by atoms with Gasteiger partial charge in [0.1, 0.15) is 11.5 Å². The Labute approximate surface area is 142 Å². The van der Waals surface area contributed by atoms with E-state index in [9.17, 15) is 9.59 Å². The van der Waals surface area contributed by atoms with Gasteiger partial charge < -0.3 is 0 Å². The van der Waals surface area contributed by atoms with Crippen LogP contribution in [0, 0.1) is 6.92 Å². The summed E-state index contributed by atoms with van der Waals surface area (Å²) in [5.41, 5.74) is 5.40. The van der Waals surface area contributed by atoms with Crippen molar-refractivity contribution in [3.8, 4) is 0 Å². The van der Waals surface area contributed by atoms with Gasteiger partial charge in [-0.2, -0.15) is 0 Å². The topological polar surface area (TPSA) is 96.9 Å². The minimum atomic E-state index is -0.639. The Kier molecular flexibility index (Phi) is 4.35. The van der Waals surface area contributed by atoms with Crippen LogP contribution in [0.5, 0.6) is 0 Å². The van der Waals surface area contributed by atoms with Gasteiger partial charge in [-0.3, -0.25) is 20.4 Å². The molecule has 0 spiro atoms. The van der Waals surface area contributed by atoms with Crippen LogP contribution in [-0.4, -0.2) is 26.8 Å². The minimum absolute atomic E-state index is 0.0177. The number of nitrogens with one attached hydrogen (secondary N) is 2. The number of aromatic nitrogens is 3. The molecule has 7 nitrogen and oxygen atoms in total. The molecule has 24 heavy (non-hydrogen) atoms. The van der Waals surface area contributed by atoms with Gasteiger partial charge in [-0.1, -0.05) is 35.9 Å². The molecule has 0 atom stereocenters. The number of halogens is 1. The van der Waals surface area contributed by atoms with Crippen LogP contribution in [0.3, 0.4) is 0 Å². The van der Waals surface area contributed by atoms with Gasteiger partial charge in [-0.25, -0.2) is 15.0 Å². The largest absolute Gasteiger partial charge is 0.289 e. The van der Waals surface area contributed by atoms with Crippen LogP contribution in [0.15, 0.2) is 42.6 Å². The summed E-state index contributed by atoms with van der Waals surface area (Å²) in [4.78, 5) is 36.2. The molecule has 0 aliphatic rings. The van der Waals surface area contributed by atoms with Gasteiger partial charge in [-0.05, 0) is 19.1 Å². The van der Waals surface area contributed by atoms with Crippen LogP contribution in [0.1, 0.15) is 26.8 Å². The second-order valence-corrected chi connectivity index (χ2v) is 5.32. The predicted molar refractivity (Wildman–Crippen MR) is 88.5 cm³/mol. The van der Waals surface area contributed by atoms with Crippen LogP contribution >= 0.6 is 11.6 Å². The number of nitrogens with zero attached hydrogens (tertiary/aromatic N) is 3. The summed E-state index contributed by atoms with van der Waals surface area (Å²) in [5.74, 6) is -0.789. The van der Waals surface area contributed by atoms with Crippen molar-refractivity contribution in [2.75, 3.05) is 0 Å². The number of rotatable bonds is 2. The molecule has 0 bridgehead atoms. The number of hydrogen-bond donors (Lipinski definition) is 2. The molecule has 8 heteroatoms. The average molecular weight is 342 g/mol. The quantitative estimate of drug-likeness (QED) is 0.695. The summed E-state index contributed by atoms with van der Waals surface area (Å²) < 4.78 is 0. The van der Waals surface area contributed by atoms with Crippen LogP contribution in [0.4, 0.5) is 0 Å². The zero-order valence-electron chi connectivity index (χ0n) is 12.6. The maximum atomic E-state index is 12.1. The van der Waals surface area contributed by atoms with Crippen molar-refractivity contribution in [3.05, 3.63) is 64.8 Å². The van der Waals surface area contributed by atoms with E-state index in [4.69, 9.17) is 11.6 Å². The third-order valence-corrected chi connectivity index (χ3v) is 3.48. The lowest BCUT2D eigenvalue weighted by atomic mass is 10.2. The van der Waals surface area contributed by atoms with E-state index >= 15 is 0 Å². The molecule has 0 fully saturated rings. The first kappa shape index (κ1) is 15.8. The number of hydrazine groups is 1. The molecule has 0 aliphatic heterocycles. The van der Waals surface area contributed by atoms with Crippen molar-refractivity contribution >= 4 is 34.3 Å². The summed E-state index contributed by atoms with van der Waals surface area (Å²) in [5, 5.41) is 1.01. The molecule has 0 saturated carbocycles. The number of pyridine rings is 1. The lowest BCUT2D eigenvalue weighted by Gasteiger charge is -2.08. The molecule has 3 aromatic rings. The van der Waals surface area contributed by atoms with Gasteiger partial charge in [0.15, 0.2) is 5.69 Å². The first-order valence-corrected chi connectivity index (χ1v) is 7.38. The molecule has 0 saturated heterocycles. The molecule has 3 rings (SSSR count). The third kappa shape index (κ3) is 3.31. The normalized spacial score (nSPS) is 10.4. The number of fused-ring (bicyclic) bond motifs is 1.